The summed E-state index contributed by atoms with van der Waals surface area (Å²) in [6.45, 7) is 3.87. The van der Waals surface area contributed by atoms with Gasteiger partial charge in [-0.25, -0.2) is 4.98 Å². The van der Waals surface area contributed by atoms with Crippen molar-refractivity contribution in [1.29, 1.82) is 0 Å². The molecule has 1 fully saturated rings. The number of nitrogens with one attached hydrogen (secondary N) is 1. The van der Waals surface area contributed by atoms with Gasteiger partial charge in [-0.1, -0.05) is 12.1 Å². The zero-order chi connectivity index (χ0) is 20.6. The second-order valence-electron chi connectivity index (χ2n) is 7.49. The molecule has 4 rings (SSSR count). The van der Waals surface area contributed by atoms with E-state index in [0.717, 1.165) is 42.2 Å². The van der Waals surface area contributed by atoms with E-state index in [1.165, 1.54) is 23.5 Å². The lowest BCUT2D eigenvalue weighted by Gasteiger charge is -2.13. The fourth-order valence-corrected chi connectivity index (χ4v) is 4.48. The van der Waals surface area contributed by atoms with Crippen LogP contribution in [0.2, 0.25) is 0 Å². The number of aliphatic hydroxyl groups excluding tert-OH is 1. The van der Waals surface area contributed by atoms with Crippen LogP contribution in [-0.4, -0.2) is 44.4 Å². The van der Waals surface area contributed by atoms with Gasteiger partial charge in [-0.2, -0.15) is 18.3 Å². The van der Waals surface area contributed by atoms with Crippen molar-refractivity contribution in [3.63, 3.8) is 0 Å². The molecule has 29 heavy (non-hydrogen) atoms. The maximum atomic E-state index is 12.7. The van der Waals surface area contributed by atoms with Crippen LogP contribution in [0.25, 0.3) is 10.6 Å². The molecule has 2 aromatic heterocycles. The minimum Gasteiger partial charge on any atom is -0.391 e. The molecule has 0 radical (unpaired) electrons. The Balaban J connectivity index is 1.38. The number of aryl methyl sites for hydroxylation is 1. The summed E-state index contributed by atoms with van der Waals surface area (Å²) >= 11 is 1.41. The molecular formula is C20H21F3N4OS. The number of aromatic nitrogens is 3. The lowest BCUT2D eigenvalue weighted by atomic mass is 10.0. The van der Waals surface area contributed by atoms with E-state index in [1.54, 1.807) is 0 Å². The first-order valence-electron chi connectivity index (χ1n) is 9.31. The van der Waals surface area contributed by atoms with Gasteiger partial charge in [0.15, 0.2) is 0 Å². The van der Waals surface area contributed by atoms with Crippen LogP contribution in [0.5, 0.6) is 0 Å². The summed E-state index contributed by atoms with van der Waals surface area (Å²) in [5.41, 5.74) is 2.81. The Hall–Kier alpha value is -2.23. The van der Waals surface area contributed by atoms with E-state index < -0.39 is 17.8 Å². The Morgan fingerprint density at radius 1 is 1.21 bits per heavy atom. The highest BCUT2D eigenvalue weighted by molar-refractivity contribution is 7.13. The van der Waals surface area contributed by atoms with Crippen LogP contribution in [-0.2, 0) is 19.1 Å². The van der Waals surface area contributed by atoms with Crippen molar-refractivity contribution in [3.8, 4) is 10.6 Å². The van der Waals surface area contributed by atoms with E-state index in [1.807, 2.05) is 18.4 Å². The van der Waals surface area contributed by atoms with Crippen molar-refractivity contribution in [1.82, 2.24) is 20.1 Å². The molecule has 0 spiro atoms. The molecule has 1 aliphatic heterocycles. The molecule has 9 heteroatoms. The third-order valence-corrected chi connectivity index (χ3v) is 6.05. The largest absolute Gasteiger partial charge is 0.416 e. The van der Waals surface area contributed by atoms with E-state index >= 15 is 0 Å². The number of hydrogen-bond donors (Lipinski definition) is 2. The predicted octanol–water partition coefficient (Wildman–Crippen LogP) is 3.90. The number of rotatable bonds is 5. The molecule has 3 heterocycles. The van der Waals surface area contributed by atoms with Gasteiger partial charge in [-0.15, -0.1) is 11.3 Å². The maximum absolute atomic E-state index is 12.7. The van der Waals surface area contributed by atoms with Crippen LogP contribution >= 0.6 is 11.3 Å². The molecule has 1 aromatic carbocycles. The van der Waals surface area contributed by atoms with E-state index in [-0.39, 0.29) is 5.92 Å². The minimum absolute atomic E-state index is 0.116. The average molecular weight is 422 g/mol. The van der Waals surface area contributed by atoms with Crippen LogP contribution in [0.15, 0.2) is 35.7 Å². The van der Waals surface area contributed by atoms with Gasteiger partial charge in [0.25, 0.3) is 0 Å². The van der Waals surface area contributed by atoms with Crippen molar-refractivity contribution in [2.45, 2.75) is 32.2 Å². The standard InChI is InChI=1S/C20H21F3N4OS/c1-12-6-16(26-25-12)7-14-8-27(10-18(14)28)9-17-11-29-19(24-17)13-2-4-15(5-3-13)20(21,22)23/h2-6,11,14,18,28H,7-10H2,1H3,(H,25,26)/t14-,18-/m1/s1. The molecule has 154 valence electrons. The van der Waals surface area contributed by atoms with Crippen LogP contribution < -0.4 is 0 Å². The lowest BCUT2D eigenvalue weighted by molar-refractivity contribution is -0.137. The Morgan fingerprint density at radius 2 is 1.97 bits per heavy atom. The van der Waals surface area contributed by atoms with Crippen LogP contribution in [0.3, 0.4) is 0 Å². The number of likely N-dealkylation sites (tertiary alicyclic amines) is 1. The van der Waals surface area contributed by atoms with E-state index in [9.17, 15) is 18.3 Å². The van der Waals surface area contributed by atoms with E-state index in [4.69, 9.17) is 0 Å². The number of H-pyrrole nitrogens is 1. The lowest BCUT2D eigenvalue weighted by Crippen LogP contribution is -2.21. The van der Waals surface area contributed by atoms with E-state index in [2.05, 4.69) is 20.1 Å². The number of benzene rings is 1. The average Bonchev–Trinajstić information content (AvgIpc) is 3.37. The zero-order valence-corrected chi connectivity index (χ0v) is 16.6. The van der Waals surface area contributed by atoms with Crippen LogP contribution in [0.1, 0.15) is 22.6 Å². The Kier molecular flexibility index (Phi) is 5.46. The third kappa shape index (κ3) is 4.68. The van der Waals surface area contributed by atoms with Gasteiger partial charge in [0.1, 0.15) is 5.01 Å². The van der Waals surface area contributed by atoms with Gasteiger partial charge in [0.05, 0.1) is 23.1 Å². The number of aliphatic hydroxyl groups is 1. The predicted molar refractivity (Wildman–Crippen MR) is 104 cm³/mol. The summed E-state index contributed by atoms with van der Waals surface area (Å²) in [4.78, 5) is 6.72. The van der Waals surface area contributed by atoms with Gasteiger partial charge in [-0.05, 0) is 31.5 Å². The summed E-state index contributed by atoms with van der Waals surface area (Å²) < 4.78 is 38.1. The number of halogens is 3. The quantitative estimate of drug-likeness (QED) is 0.655. The molecule has 3 aromatic rings. The van der Waals surface area contributed by atoms with Crippen LogP contribution in [0, 0.1) is 12.8 Å². The molecule has 0 aliphatic carbocycles. The molecule has 1 saturated heterocycles. The Labute approximate surface area is 170 Å². The van der Waals surface area contributed by atoms with Crippen molar-refractivity contribution >= 4 is 11.3 Å². The zero-order valence-electron chi connectivity index (χ0n) is 15.8. The highest BCUT2D eigenvalue weighted by atomic mass is 32.1. The highest BCUT2D eigenvalue weighted by Gasteiger charge is 2.32. The molecular weight excluding hydrogens is 401 g/mol. The molecule has 0 saturated carbocycles. The van der Waals surface area contributed by atoms with Crippen molar-refractivity contribution < 1.29 is 18.3 Å². The van der Waals surface area contributed by atoms with Crippen molar-refractivity contribution in [2.75, 3.05) is 13.1 Å². The summed E-state index contributed by atoms with van der Waals surface area (Å²) in [6.07, 6.45) is -4.04. The number of aromatic amines is 1. The van der Waals surface area contributed by atoms with Crippen molar-refractivity contribution in [3.05, 3.63) is 58.4 Å². The first kappa shape index (κ1) is 20.1. The molecule has 2 N–H and O–H groups in total. The summed E-state index contributed by atoms with van der Waals surface area (Å²) in [5, 5.41) is 20.2. The Morgan fingerprint density at radius 3 is 2.62 bits per heavy atom. The smallest absolute Gasteiger partial charge is 0.391 e. The van der Waals surface area contributed by atoms with Crippen molar-refractivity contribution in [2.24, 2.45) is 5.92 Å². The number of thiazole rings is 1. The maximum Gasteiger partial charge on any atom is 0.416 e. The van der Waals surface area contributed by atoms with Gasteiger partial charge in [0, 0.05) is 42.2 Å². The second-order valence-corrected chi connectivity index (χ2v) is 8.35. The van der Waals surface area contributed by atoms with Gasteiger partial charge < -0.3 is 5.11 Å². The molecule has 2 atom stereocenters. The molecule has 0 unspecified atom stereocenters. The fourth-order valence-electron chi connectivity index (χ4n) is 3.66. The van der Waals surface area contributed by atoms with Gasteiger partial charge in [0.2, 0.25) is 0 Å². The Bertz CT molecular complexity index is 967. The van der Waals surface area contributed by atoms with Gasteiger partial charge in [-0.3, -0.25) is 10.00 Å². The SMILES string of the molecule is Cc1cc(C[C@@H]2CN(Cc3csc(-c4ccc(C(F)(F)F)cc4)n3)C[C@H]2O)n[nH]1. The number of alkyl halides is 3. The van der Waals surface area contributed by atoms with E-state index in [0.29, 0.717) is 23.7 Å². The topological polar surface area (TPSA) is 65.0 Å². The van der Waals surface area contributed by atoms with Gasteiger partial charge >= 0.3 is 6.18 Å². The monoisotopic (exact) mass is 422 g/mol. The summed E-state index contributed by atoms with van der Waals surface area (Å²) in [5.74, 6) is 0.116. The second kappa shape index (κ2) is 7.89. The molecule has 1 aliphatic rings. The fraction of sp³-hybridized carbons (Fsp3) is 0.400. The first-order chi connectivity index (χ1) is 13.8. The summed E-state index contributed by atoms with van der Waals surface area (Å²) in [6, 6.07) is 7.05. The number of β-amino-alcohol motifs (C(OH)–C–C–N with tert-alkyl or cyclic N) is 1. The van der Waals surface area contributed by atoms with Crippen LogP contribution in [0.4, 0.5) is 13.2 Å². The first-order valence-corrected chi connectivity index (χ1v) is 10.2. The number of hydrogen-bond acceptors (Lipinski definition) is 5. The molecule has 0 bridgehead atoms. The third-order valence-electron chi connectivity index (χ3n) is 5.11. The normalized spacial score (nSPS) is 20.4. The minimum atomic E-state index is -4.34. The number of nitrogens with zero attached hydrogens (tertiary/aromatic N) is 3. The summed E-state index contributed by atoms with van der Waals surface area (Å²) in [7, 11) is 0. The molecule has 5 nitrogen and oxygen atoms in total. The molecule has 0 amide bonds. The highest BCUT2D eigenvalue weighted by Crippen LogP contribution is 2.32.